The van der Waals surface area contributed by atoms with Gasteiger partial charge in [0.2, 0.25) is 0 Å². The van der Waals surface area contributed by atoms with Crippen molar-refractivity contribution in [3.63, 3.8) is 0 Å². The summed E-state index contributed by atoms with van der Waals surface area (Å²) in [6.45, 7) is 4.27. The molecule has 0 spiro atoms. The molecule has 0 aliphatic heterocycles. The highest BCUT2D eigenvalue weighted by Gasteiger charge is 2.44. The van der Waals surface area contributed by atoms with Crippen LogP contribution in [0.25, 0.3) is 0 Å². The van der Waals surface area contributed by atoms with Crippen molar-refractivity contribution in [1.29, 1.82) is 0 Å². The van der Waals surface area contributed by atoms with Gasteiger partial charge in [-0.15, -0.1) is 0 Å². The fourth-order valence-corrected chi connectivity index (χ4v) is 3.05. The minimum absolute atomic E-state index is 0.637. The lowest BCUT2D eigenvalue weighted by Crippen LogP contribution is -2.21. The molecule has 2 fully saturated rings. The Morgan fingerprint density at radius 2 is 2.08 bits per heavy atom. The van der Waals surface area contributed by atoms with Crippen LogP contribution in [-0.2, 0) is 4.74 Å². The highest BCUT2D eigenvalue weighted by molar-refractivity contribution is 4.95. The fourth-order valence-electron chi connectivity index (χ4n) is 3.05. The van der Waals surface area contributed by atoms with Crippen molar-refractivity contribution < 1.29 is 4.74 Å². The van der Waals surface area contributed by atoms with E-state index in [0.29, 0.717) is 5.41 Å². The second-order valence-electron chi connectivity index (χ2n) is 5.05. The lowest BCUT2D eigenvalue weighted by atomic mass is 9.85. The van der Waals surface area contributed by atoms with E-state index < -0.39 is 0 Å². The predicted octanol–water partition coefficient (Wildman–Crippen LogP) is 3.38. The molecular formula is C12H22O. The molecule has 2 aliphatic carbocycles. The predicted molar refractivity (Wildman–Crippen MR) is 54.7 cm³/mol. The summed E-state index contributed by atoms with van der Waals surface area (Å²) < 4.78 is 5.78. The summed E-state index contributed by atoms with van der Waals surface area (Å²) in [5.74, 6) is 1.06. The molecule has 0 aromatic carbocycles. The maximum absolute atomic E-state index is 5.78. The van der Waals surface area contributed by atoms with E-state index in [1.54, 1.807) is 0 Å². The van der Waals surface area contributed by atoms with Gasteiger partial charge in [0.15, 0.2) is 0 Å². The molecule has 0 N–H and O–H groups in total. The minimum Gasteiger partial charge on any atom is -0.381 e. The molecule has 2 bridgehead atoms. The Bertz CT molecular complexity index is 157. The third-order valence-electron chi connectivity index (χ3n) is 3.94. The number of hydrogen-bond acceptors (Lipinski definition) is 1. The number of rotatable bonds is 5. The lowest BCUT2D eigenvalue weighted by Gasteiger charge is -2.25. The normalized spacial score (nSPS) is 37.2. The molecule has 2 aliphatic rings. The Labute approximate surface area is 81.9 Å². The molecule has 76 valence electrons. The molecule has 13 heavy (non-hydrogen) atoms. The molecule has 1 nitrogen and oxygen atoms in total. The van der Waals surface area contributed by atoms with Crippen molar-refractivity contribution in [2.24, 2.45) is 11.3 Å². The van der Waals surface area contributed by atoms with Crippen LogP contribution in [0.2, 0.25) is 0 Å². The fraction of sp³-hybridized carbons (Fsp3) is 1.00. The smallest absolute Gasteiger partial charge is 0.0522 e. The van der Waals surface area contributed by atoms with Crippen LogP contribution < -0.4 is 0 Å². The maximum Gasteiger partial charge on any atom is 0.0522 e. The molecule has 0 heterocycles. The Morgan fingerprint density at radius 1 is 1.31 bits per heavy atom. The van der Waals surface area contributed by atoms with Gasteiger partial charge in [-0.1, -0.05) is 13.3 Å². The Morgan fingerprint density at radius 3 is 2.62 bits per heavy atom. The Balaban J connectivity index is 1.69. The molecule has 0 unspecified atom stereocenters. The van der Waals surface area contributed by atoms with Crippen LogP contribution in [-0.4, -0.2) is 13.2 Å². The summed E-state index contributed by atoms with van der Waals surface area (Å²) in [5, 5.41) is 0. The maximum atomic E-state index is 5.78. The third-order valence-corrected chi connectivity index (χ3v) is 3.94. The van der Waals surface area contributed by atoms with E-state index in [-0.39, 0.29) is 0 Å². The molecular weight excluding hydrogens is 160 g/mol. The minimum atomic E-state index is 0.637. The van der Waals surface area contributed by atoms with Gasteiger partial charge in [0.1, 0.15) is 0 Å². The first kappa shape index (κ1) is 9.51. The van der Waals surface area contributed by atoms with Crippen LogP contribution in [0.5, 0.6) is 0 Å². The Kier molecular flexibility index (Phi) is 2.92. The second kappa shape index (κ2) is 4.00. The zero-order valence-corrected chi connectivity index (χ0v) is 8.85. The van der Waals surface area contributed by atoms with Crippen molar-refractivity contribution in [2.45, 2.75) is 51.9 Å². The molecule has 0 radical (unpaired) electrons. The average Bonchev–Trinajstić information content (AvgIpc) is 2.72. The van der Waals surface area contributed by atoms with E-state index in [4.69, 9.17) is 4.74 Å². The summed E-state index contributed by atoms with van der Waals surface area (Å²) in [7, 11) is 0. The average molecular weight is 182 g/mol. The lowest BCUT2D eigenvalue weighted by molar-refractivity contribution is 0.0468. The van der Waals surface area contributed by atoms with Crippen molar-refractivity contribution in [3.8, 4) is 0 Å². The van der Waals surface area contributed by atoms with Gasteiger partial charge >= 0.3 is 0 Å². The monoisotopic (exact) mass is 182 g/mol. The van der Waals surface area contributed by atoms with Crippen LogP contribution in [0.1, 0.15) is 51.9 Å². The number of unbranched alkanes of at least 4 members (excludes halogenated alkanes) is 1. The number of ether oxygens (including phenoxy) is 1. The Hall–Kier alpha value is -0.0400. The van der Waals surface area contributed by atoms with Crippen LogP contribution in [0.3, 0.4) is 0 Å². The molecule has 2 rings (SSSR count). The number of fused-ring (bicyclic) bond motifs is 2. The molecule has 0 aromatic heterocycles. The van der Waals surface area contributed by atoms with Crippen molar-refractivity contribution >= 4 is 0 Å². The van der Waals surface area contributed by atoms with E-state index in [9.17, 15) is 0 Å². The van der Waals surface area contributed by atoms with Crippen molar-refractivity contribution in [3.05, 3.63) is 0 Å². The van der Waals surface area contributed by atoms with Crippen LogP contribution in [0.15, 0.2) is 0 Å². The van der Waals surface area contributed by atoms with Gasteiger partial charge in [0.05, 0.1) is 6.61 Å². The van der Waals surface area contributed by atoms with Gasteiger partial charge < -0.3 is 4.74 Å². The topological polar surface area (TPSA) is 9.23 Å². The van der Waals surface area contributed by atoms with E-state index in [2.05, 4.69) is 6.92 Å². The van der Waals surface area contributed by atoms with Gasteiger partial charge in [0, 0.05) is 6.61 Å². The standard InChI is InChI=1S/C12H22O/c1-2-3-8-13-10-12-6-4-11(9-12)5-7-12/h11H,2-10H2,1H3. The largest absolute Gasteiger partial charge is 0.381 e. The molecule has 0 atom stereocenters. The molecule has 2 saturated carbocycles. The third kappa shape index (κ3) is 2.07. The van der Waals surface area contributed by atoms with E-state index in [0.717, 1.165) is 19.1 Å². The molecule has 1 heteroatoms. The van der Waals surface area contributed by atoms with Crippen LogP contribution in [0, 0.1) is 11.3 Å². The zero-order valence-electron chi connectivity index (χ0n) is 8.85. The summed E-state index contributed by atoms with van der Waals surface area (Å²) in [4.78, 5) is 0. The summed E-state index contributed by atoms with van der Waals surface area (Å²) in [6, 6.07) is 0. The van der Waals surface area contributed by atoms with Crippen LogP contribution >= 0.6 is 0 Å². The van der Waals surface area contributed by atoms with Gasteiger partial charge in [0.25, 0.3) is 0 Å². The zero-order chi connectivity index (χ0) is 9.15. The van der Waals surface area contributed by atoms with Gasteiger partial charge in [-0.05, 0) is 49.9 Å². The SMILES string of the molecule is CCCCOCC12CCC(CC1)C2. The van der Waals surface area contributed by atoms with Crippen LogP contribution in [0.4, 0.5) is 0 Å². The first-order chi connectivity index (χ1) is 6.35. The van der Waals surface area contributed by atoms with Gasteiger partial charge in [-0.3, -0.25) is 0 Å². The van der Waals surface area contributed by atoms with E-state index in [1.165, 1.54) is 44.9 Å². The second-order valence-corrected chi connectivity index (χ2v) is 5.05. The quantitative estimate of drug-likeness (QED) is 0.592. The van der Waals surface area contributed by atoms with E-state index in [1.807, 2.05) is 0 Å². The molecule has 0 aromatic rings. The van der Waals surface area contributed by atoms with Gasteiger partial charge in [-0.25, -0.2) is 0 Å². The highest BCUT2D eigenvalue weighted by atomic mass is 16.5. The first-order valence-electron chi connectivity index (χ1n) is 5.92. The van der Waals surface area contributed by atoms with E-state index >= 15 is 0 Å². The summed E-state index contributed by atoms with van der Waals surface area (Å²) >= 11 is 0. The van der Waals surface area contributed by atoms with Crippen molar-refractivity contribution in [1.82, 2.24) is 0 Å². The van der Waals surface area contributed by atoms with Crippen molar-refractivity contribution in [2.75, 3.05) is 13.2 Å². The first-order valence-corrected chi connectivity index (χ1v) is 5.92. The summed E-state index contributed by atoms with van der Waals surface area (Å²) in [5.41, 5.74) is 0.637. The summed E-state index contributed by atoms with van der Waals surface area (Å²) in [6.07, 6.45) is 9.83. The molecule has 0 amide bonds. The molecule has 0 saturated heterocycles. The highest BCUT2D eigenvalue weighted by Crippen LogP contribution is 2.54. The number of hydrogen-bond donors (Lipinski definition) is 0. The van der Waals surface area contributed by atoms with Gasteiger partial charge in [-0.2, -0.15) is 0 Å².